The van der Waals surface area contributed by atoms with Crippen molar-refractivity contribution in [3.8, 4) is 0 Å². The number of hydrogen-bond donors (Lipinski definition) is 2. The number of aryl methyl sites for hydroxylation is 2. The quantitative estimate of drug-likeness (QED) is 0.815. The summed E-state index contributed by atoms with van der Waals surface area (Å²) >= 11 is 0. The molecular formula is C14H16N2OS. The van der Waals surface area contributed by atoms with Gasteiger partial charge in [-0.1, -0.05) is 0 Å². The van der Waals surface area contributed by atoms with Crippen LogP contribution in [-0.4, -0.2) is 4.21 Å². The fraction of sp³-hybridized carbons (Fsp3) is 0.143. The minimum atomic E-state index is -1.20. The van der Waals surface area contributed by atoms with Crippen molar-refractivity contribution in [2.24, 2.45) is 0 Å². The van der Waals surface area contributed by atoms with Crippen LogP contribution in [0.5, 0.6) is 0 Å². The molecule has 1 atom stereocenters. The predicted octanol–water partition coefficient (Wildman–Crippen LogP) is 2.63. The van der Waals surface area contributed by atoms with Crippen LogP contribution in [0.1, 0.15) is 11.1 Å². The summed E-state index contributed by atoms with van der Waals surface area (Å²) in [5.74, 6) is 0. The highest BCUT2D eigenvalue weighted by Crippen LogP contribution is 2.24. The van der Waals surface area contributed by atoms with E-state index in [-0.39, 0.29) is 0 Å². The van der Waals surface area contributed by atoms with E-state index < -0.39 is 10.8 Å². The van der Waals surface area contributed by atoms with Gasteiger partial charge in [-0.2, -0.15) is 0 Å². The summed E-state index contributed by atoms with van der Waals surface area (Å²) in [5.41, 5.74) is 14.7. The lowest BCUT2D eigenvalue weighted by atomic mass is 10.2. The Hall–Kier alpha value is -1.81. The number of hydrogen-bond acceptors (Lipinski definition) is 3. The largest absolute Gasteiger partial charge is 0.399 e. The van der Waals surface area contributed by atoms with Crippen LogP contribution >= 0.6 is 0 Å². The summed E-state index contributed by atoms with van der Waals surface area (Å²) in [7, 11) is -1.20. The summed E-state index contributed by atoms with van der Waals surface area (Å²) in [6.07, 6.45) is 0. The number of anilines is 2. The highest BCUT2D eigenvalue weighted by molar-refractivity contribution is 7.85. The Morgan fingerprint density at radius 3 is 2.28 bits per heavy atom. The Morgan fingerprint density at radius 2 is 1.67 bits per heavy atom. The van der Waals surface area contributed by atoms with Gasteiger partial charge in [0.1, 0.15) is 0 Å². The minimum Gasteiger partial charge on any atom is -0.399 e. The van der Waals surface area contributed by atoms with Crippen LogP contribution in [0.4, 0.5) is 11.4 Å². The molecule has 18 heavy (non-hydrogen) atoms. The van der Waals surface area contributed by atoms with Crippen molar-refractivity contribution in [3.05, 3.63) is 47.5 Å². The van der Waals surface area contributed by atoms with E-state index in [0.29, 0.717) is 11.4 Å². The fourth-order valence-electron chi connectivity index (χ4n) is 1.77. The Balaban J connectivity index is 2.44. The van der Waals surface area contributed by atoms with Crippen molar-refractivity contribution >= 4 is 22.2 Å². The van der Waals surface area contributed by atoms with E-state index in [2.05, 4.69) is 0 Å². The Labute approximate surface area is 109 Å². The summed E-state index contributed by atoms with van der Waals surface area (Å²) in [4.78, 5) is 1.54. The summed E-state index contributed by atoms with van der Waals surface area (Å²) in [6.45, 7) is 3.82. The molecule has 0 aliphatic heterocycles. The lowest BCUT2D eigenvalue weighted by molar-refractivity contribution is 0.682. The van der Waals surface area contributed by atoms with E-state index in [1.54, 1.807) is 18.2 Å². The van der Waals surface area contributed by atoms with Gasteiger partial charge in [0.15, 0.2) is 0 Å². The second-order valence-corrected chi connectivity index (χ2v) is 5.76. The second-order valence-electron chi connectivity index (χ2n) is 4.31. The molecule has 1 unspecified atom stereocenters. The van der Waals surface area contributed by atoms with Gasteiger partial charge in [0.2, 0.25) is 0 Å². The first kappa shape index (κ1) is 12.6. The molecule has 3 nitrogen and oxygen atoms in total. The third-order valence-electron chi connectivity index (χ3n) is 2.85. The molecule has 0 heterocycles. The van der Waals surface area contributed by atoms with Gasteiger partial charge in [0, 0.05) is 21.2 Å². The lowest BCUT2D eigenvalue weighted by Crippen LogP contribution is -1.99. The maximum absolute atomic E-state index is 12.5. The van der Waals surface area contributed by atoms with E-state index in [1.165, 1.54) is 0 Å². The number of benzene rings is 2. The number of nitrogen functional groups attached to an aromatic ring is 2. The van der Waals surface area contributed by atoms with Crippen LogP contribution in [0.2, 0.25) is 0 Å². The lowest BCUT2D eigenvalue weighted by Gasteiger charge is -2.08. The highest BCUT2D eigenvalue weighted by atomic mass is 32.2. The van der Waals surface area contributed by atoms with E-state index >= 15 is 0 Å². The second kappa shape index (κ2) is 4.82. The third-order valence-corrected chi connectivity index (χ3v) is 4.39. The molecule has 94 valence electrons. The molecule has 0 spiro atoms. The van der Waals surface area contributed by atoms with Crippen molar-refractivity contribution in [1.82, 2.24) is 0 Å². The zero-order valence-electron chi connectivity index (χ0n) is 10.4. The molecule has 4 N–H and O–H groups in total. The van der Waals surface area contributed by atoms with Gasteiger partial charge in [0.05, 0.1) is 10.8 Å². The zero-order chi connectivity index (χ0) is 13.3. The average molecular weight is 260 g/mol. The van der Waals surface area contributed by atoms with Crippen molar-refractivity contribution in [3.63, 3.8) is 0 Å². The van der Waals surface area contributed by atoms with Gasteiger partial charge in [-0.3, -0.25) is 0 Å². The normalized spacial score (nSPS) is 12.3. The SMILES string of the molecule is Cc1cc(S(=O)c2ccc(N)cc2C)ccc1N. The van der Waals surface area contributed by atoms with Gasteiger partial charge in [0.25, 0.3) is 0 Å². The van der Waals surface area contributed by atoms with E-state index in [1.807, 2.05) is 32.0 Å². The maximum Gasteiger partial charge on any atom is 0.0852 e. The molecule has 0 fully saturated rings. The van der Waals surface area contributed by atoms with Crippen molar-refractivity contribution in [2.45, 2.75) is 23.6 Å². The highest BCUT2D eigenvalue weighted by Gasteiger charge is 2.11. The number of rotatable bonds is 2. The van der Waals surface area contributed by atoms with Crippen molar-refractivity contribution in [2.75, 3.05) is 11.5 Å². The molecule has 0 saturated carbocycles. The standard InChI is InChI=1S/C14H16N2OS/c1-9-8-12(4-5-13(9)16)18(17)14-6-3-11(15)7-10(14)2/h3-8H,15-16H2,1-2H3. The Bertz CT molecular complexity index is 623. The molecular weight excluding hydrogens is 244 g/mol. The first-order chi connectivity index (χ1) is 8.49. The fourth-order valence-corrected chi connectivity index (χ4v) is 3.04. The molecule has 2 aromatic carbocycles. The van der Waals surface area contributed by atoms with Crippen LogP contribution in [0.3, 0.4) is 0 Å². The van der Waals surface area contributed by atoms with E-state index in [4.69, 9.17) is 11.5 Å². The van der Waals surface area contributed by atoms with E-state index in [9.17, 15) is 4.21 Å². The molecule has 4 heteroatoms. The van der Waals surface area contributed by atoms with Crippen LogP contribution in [-0.2, 0) is 10.8 Å². The molecule has 0 radical (unpaired) electrons. The summed E-state index contributed by atoms with van der Waals surface area (Å²) in [6, 6.07) is 10.9. The number of nitrogens with two attached hydrogens (primary N) is 2. The molecule has 0 aromatic heterocycles. The topological polar surface area (TPSA) is 69.1 Å². The van der Waals surface area contributed by atoms with Gasteiger partial charge in [-0.05, 0) is 61.4 Å². The van der Waals surface area contributed by atoms with Crippen LogP contribution < -0.4 is 11.5 Å². The third kappa shape index (κ3) is 2.38. The van der Waals surface area contributed by atoms with Gasteiger partial charge in [-0.15, -0.1) is 0 Å². The van der Waals surface area contributed by atoms with Crippen LogP contribution in [0.25, 0.3) is 0 Å². The molecule has 0 aliphatic rings. The molecule has 2 aromatic rings. The average Bonchev–Trinajstić information content (AvgIpc) is 2.32. The summed E-state index contributed by atoms with van der Waals surface area (Å²) in [5, 5.41) is 0. The van der Waals surface area contributed by atoms with Gasteiger partial charge >= 0.3 is 0 Å². The van der Waals surface area contributed by atoms with Gasteiger partial charge in [-0.25, -0.2) is 4.21 Å². The van der Waals surface area contributed by atoms with Gasteiger partial charge < -0.3 is 11.5 Å². The van der Waals surface area contributed by atoms with Crippen LogP contribution in [0, 0.1) is 13.8 Å². The first-order valence-corrected chi connectivity index (χ1v) is 6.78. The molecule has 0 aliphatic carbocycles. The van der Waals surface area contributed by atoms with Crippen molar-refractivity contribution < 1.29 is 4.21 Å². The molecule has 0 bridgehead atoms. The molecule has 0 amide bonds. The smallest absolute Gasteiger partial charge is 0.0852 e. The van der Waals surface area contributed by atoms with Crippen molar-refractivity contribution in [1.29, 1.82) is 0 Å². The Kier molecular flexibility index (Phi) is 3.39. The molecule has 0 saturated heterocycles. The molecule has 2 rings (SSSR count). The predicted molar refractivity (Wildman–Crippen MR) is 75.9 cm³/mol. The zero-order valence-corrected chi connectivity index (χ0v) is 11.3. The maximum atomic E-state index is 12.5. The first-order valence-electron chi connectivity index (χ1n) is 5.63. The minimum absolute atomic E-state index is 0.682. The monoisotopic (exact) mass is 260 g/mol. The van der Waals surface area contributed by atoms with Crippen LogP contribution in [0.15, 0.2) is 46.2 Å². The summed E-state index contributed by atoms with van der Waals surface area (Å²) < 4.78 is 12.5. The van der Waals surface area contributed by atoms with E-state index in [0.717, 1.165) is 20.9 Å². The Morgan fingerprint density at radius 1 is 0.944 bits per heavy atom.